The quantitative estimate of drug-likeness (QED) is 0.769. The lowest BCUT2D eigenvalue weighted by Crippen LogP contribution is -2.32. The van der Waals surface area contributed by atoms with Gasteiger partial charge >= 0.3 is 0 Å². The second kappa shape index (κ2) is 4.63. The monoisotopic (exact) mass is 255 g/mol. The number of fused-ring (bicyclic) bond motifs is 2. The van der Waals surface area contributed by atoms with Crippen LogP contribution in [0.25, 0.3) is 0 Å². The van der Waals surface area contributed by atoms with Gasteiger partial charge in [-0.3, -0.25) is 4.90 Å². The largest absolute Gasteiger partial charge is 0.299 e. The predicted molar refractivity (Wildman–Crippen MR) is 78.8 cm³/mol. The van der Waals surface area contributed by atoms with Crippen molar-refractivity contribution in [3.8, 4) is 0 Å². The van der Waals surface area contributed by atoms with E-state index in [0.29, 0.717) is 5.41 Å². The third kappa shape index (κ3) is 2.33. The third-order valence-corrected chi connectivity index (χ3v) is 5.86. The van der Waals surface area contributed by atoms with E-state index >= 15 is 0 Å². The van der Waals surface area contributed by atoms with E-state index in [-0.39, 0.29) is 0 Å². The molecule has 1 nitrogen and oxygen atoms in total. The molecule has 2 atom stereocenters. The lowest BCUT2D eigenvalue weighted by molar-refractivity contribution is 0.132. The molecule has 1 spiro atoms. The van der Waals surface area contributed by atoms with Crippen LogP contribution in [0.2, 0.25) is 0 Å². The number of benzene rings is 1. The molecule has 1 aromatic rings. The van der Waals surface area contributed by atoms with E-state index in [1.54, 1.807) is 6.42 Å². The van der Waals surface area contributed by atoms with Gasteiger partial charge in [0, 0.05) is 13.1 Å². The summed E-state index contributed by atoms with van der Waals surface area (Å²) in [6, 6.07) is 11.0. The smallest absolute Gasteiger partial charge is 0.0233 e. The third-order valence-electron chi connectivity index (χ3n) is 5.86. The van der Waals surface area contributed by atoms with Crippen LogP contribution in [-0.4, -0.2) is 18.0 Å². The molecule has 0 aromatic heterocycles. The normalized spacial score (nSPS) is 38.1. The zero-order valence-corrected chi connectivity index (χ0v) is 11.9. The van der Waals surface area contributed by atoms with Gasteiger partial charge in [0.05, 0.1) is 0 Å². The maximum absolute atomic E-state index is 2.71. The number of likely N-dealkylation sites (tertiary alicyclic amines) is 1. The van der Waals surface area contributed by atoms with Crippen LogP contribution >= 0.6 is 0 Å². The van der Waals surface area contributed by atoms with Crippen molar-refractivity contribution >= 4 is 0 Å². The minimum Gasteiger partial charge on any atom is -0.299 e. The summed E-state index contributed by atoms with van der Waals surface area (Å²) in [5.41, 5.74) is 2.19. The molecule has 102 valence electrons. The Morgan fingerprint density at radius 1 is 1.05 bits per heavy atom. The van der Waals surface area contributed by atoms with E-state index in [4.69, 9.17) is 0 Å². The molecule has 1 saturated heterocycles. The van der Waals surface area contributed by atoms with Crippen LogP contribution in [0.1, 0.15) is 44.1 Å². The van der Waals surface area contributed by atoms with Gasteiger partial charge in [0.1, 0.15) is 0 Å². The van der Waals surface area contributed by atoms with Gasteiger partial charge in [-0.1, -0.05) is 43.2 Å². The fraction of sp³-hybridized carbons (Fsp3) is 0.667. The van der Waals surface area contributed by atoms with Crippen LogP contribution in [0.3, 0.4) is 0 Å². The fourth-order valence-corrected chi connectivity index (χ4v) is 5.19. The average Bonchev–Trinajstić information content (AvgIpc) is 2.95. The van der Waals surface area contributed by atoms with Gasteiger partial charge in [-0.2, -0.15) is 0 Å². The Morgan fingerprint density at radius 2 is 1.79 bits per heavy atom. The average molecular weight is 255 g/mol. The van der Waals surface area contributed by atoms with Crippen molar-refractivity contribution in [1.82, 2.24) is 4.90 Å². The maximum atomic E-state index is 2.71. The van der Waals surface area contributed by atoms with Crippen LogP contribution in [0.4, 0.5) is 0 Å². The molecule has 0 N–H and O–H groups in total. The number of nitrogens with zero attached hydrogens (tertiary/aromatic N) is 1. The van der Waals surface area contributed by atoms with Gasteiger partial charge in [0.2, 0.25) is 0 Å². The summed E-state index contributed by atoms with van der Waals surface area (Å²) in [7, 11) is 0. The molecule has 3 fully saturated rings. The van der Waals surface area contributed by atoms with E-state index in [1.165, 1.54) is 50.8 Å². The van der Waals surface area contributed by atoms with Crippen LogP contribution in [0, 0.1) is 17.3 Å². The van der Waals surface area contributed by atoms with Crippen LogP contribution < -0.4 is 0 Å². The first-order valence-electron chi connectivity index (χ1n) is 8.08. The maximum Gasteiger partial charge on any atom is 0.0233 e. The SMILES string of the molecule is c1ccc(CN2CCC3(CC4CCC(C4)C3)C2)cc1. The first-order valence-corrected chi connectivity index (χ1v) is 8.08. The Balaban J connectivity index is 1.43. The summed E-state index contributed by atoms with van der Waals surface area (Å²) in [5, 5.41) is 0. The lowest BCUT2D eigenvalue weighted by atomic mass is 9.68. The van der Waals surface area contributed by atoms with Crippen molar-refractivity contribution in [3.63, 3.8) is 0 Å². The number of hydrogen-bond acceptors (Lipinski definition) is 1. The highest BCUT2D eigenvalue weighted by Gasteiger charge is 2.46. The molecule has 0 amide bonds. The van der Waals surface area contributed by atoms with E-state index in [1.807, 2.05) is 0 Å². The van der Waals surface area contributed by atoms with Gasteiger partial charge in [-0.05, 0) is 55.0 Å². The Labute approximate surface area is 117 Å². The van der Waals surface area contributed by atoms with Gasteiger partial charge < -0.3 is 0 Å². The Kier molecular flexibility index (Phi) is 2.91. The van der Waals surface area contributed by atoms with Crippen molar-refractivity contribution in [2.24, 2.45) is 17.3 Å². The Hall–Kier alpha value is -0.820. The van der Waals surface area contributed by atoms with E-state index in [2.05, 4.69) is 35.2 Å². The van der Waals surface area contributed by atoms with Gasteiger partial charge in [0.25, 0.3) is 0 Å². The van der Waals surface area contributed by atoms with Gasteiger partial charge in [-0.25, -0.2) is 0 Å². The fourth-order valence-electron chi connectivity index (χ4n) is 5.19. The summed E-state index contributed by atoms with van der Waals surface area (Å²) in [5.74, 6) is 2.16. The molecule has 2 bridgehead atoms. The molecule has 2 unspecified atom stereocenters. The van der Waals surface area contributed by atoms with Gasteiger partial charge in [-0.15, -0.1) is 0 Å². The first kappa shape index (κ1) is 12.0. The molecule has 19 heavy (non-hydrogen) atoms. The summed E-state index contributed by atoms with van der Waals surface area (Å²) >= 11 is 0. The van der Waals surface area contributed by atoms with Crippen molar-refractivity contribution in [3.05, 3.63) is 35.9 Å². The number of rotatable bonds is 2. The highest BCUT2D eigenvalue weighted by atomic mass is 15.2. The van der Waals surface area contributed by atoms with Crippen molar-refractivity contribution < 1.29 is 0 Å². The molecule has 2 aliphatic carbocycles. The molecule has 1 heterocycles. The van der Waals surface area contributed by atoms with E-state index < -0.39 is 0 Å². The highest BCUT2D eigenvalue weighted by Crippen LogP contribution is 2.54. The van der Waals surface area contributed by atoms with Crippen molar-refractivity contribution in [1.29, 1.82) is 0 Å². The van der Waals surface area contributed by atoms with Crippen LogP contribution in [0.15, 0.2) is 30.3 Å². The first-order chi connectivity index (χ1) is 9.31. The minimum absolute atomic E-state index is 0.707. The molecule has 1 aromatic carbocycles. The molecule has 1 aliphatic heterocycles. The summed E-state index contributed by atoms with van der Waals surface area (Å²) in [6.07, 6.45) is 9.16. The van der Waals surface area contributed by atoms with Crippen LogP contribution in [-0.2, 0) is 6.54 Å². The molecule has 3 aliphatic rings. The second-order valence-electron chi connectivity index (χ2n) is 7.40. The Morgan fingerprint density at radius 3 is 2.53 bits per heavy atom. The number of hydrogen-bond donors (Lipinski definition) is 0. The zero-order valence-electron chi connectivity index (χ0n) is 11.9. The predicted octanol–water partition coefficient (Wildman–Crippen LogP) is 4.09. The highest BCUT2D eigenvalue weighted by molar-refractivity contribution is 5.15. The summed E-state index contributed by atoms with van der Waals surface area (Å²) < 4.78 is 0. The minimum atomic E-state index is 0.707. The molecule has 2 saturated carbocycles. The lowest BCUT2D eigenvalue weighted by Gasteiger charge is -2.37. The van der Waals surface area contributed by atoms with Crippen molar-refractivity contribution in [2.45, 2.75) is 45.1 Å². The van der Waals surface area contributed by atoms with E-state index in [0.717, 1.165) is 18.4 Å². The van der Waals surface area contributed by atoms with Crippen LogP contribution in [0.5, 0.6) is 0 Å². The van der Waals surface area contributed by atoms with Gasteiger partial charge in [0.15, 0.2) is 0 Å². The zero-order chi connectivity index (χ0) is 12.7. The summed E-state index contributed by atoms with van der Waals surface area (Å²) in [4.78, 5) is 2.71. The molecular formula is C18H25N. The topological polar surface area (TPSA) is 3.24 Å². The molecular weight excluding hydrogens is 230 g/mol. The van der Waals surface area contributed by atoms with Crippen molar-refractivity contribution in [2.75, 3.05) is 13.1 Å². The van der Waals surface area contributed by atoms with E-state index in [9.17, 15) is 0 Å². The summed E-state index contributed by atoms with van der Waals surface area (Å²) in [6.45, 7) is 3.86. The standard InChI is InChI=1S/C18H25N/c1-2-4-15(5-3-1)13-19-9-8-18(14-19)11-16-6-7-17(10-16)12-18/h1-5,16-17H,6-14H2. The molecule has 0 radical (unpaired) electrons. The molecule has 4 rings (SSSR count). The molecule has 1 heteroatoms. The Bertz CT molecular complexity index is 426. The second-order valence-corrected chi connectivity index (χ2v) is 7.40.